The summed E-state index contributed by atoms with van der Waals surface area (Å²) in [6.45, 7) is 2.67. The van der Waals surface area contributed by atoms with Crippen molar-refractivity contribution in [2.45, 2.75) is 25.3 Å². The van der Waals surface area contributed by atoms with Crippen LogP contribution in [0.5, 0.6) is 0 Å². The van der Waals surface area contributed by atoms with E-state index < -0.39 is 0 Å². The predicted molar refractivity (Wildman–Crippen MR) is 69.9 cm³/mol. The summed E-state index contributed by atoms with van der Waals surface area (Å²) in [5, 5.41) is 3.36. The van der Waals surface area contributed by atoms with Crippen LogP contribution in [0.1, 0.15) is 19.8 Å². The lowest BCUT2D eigenvalue weighted by Gasteiger charge is -2.29. The number of anilines is 1. The number of rotatable bonds is 4. The van der Waals surface area contributed by atoms with Crippen molar-refractivity contribution in [1.82, 2.24) is 9.97 Å². The summed E-state index contributed by atoms with van der Waals surface area (Å²) in [4.78, 5) is 7.50. The van der Waals surface area contributed by atoms with Crippen LogP contribution in [0.4, 0.5) is 10.3 Å². The normalized spacial score (nSPS) is 18.8. The third-order valence-electron chi connectivity index (χ3n) is 3.75. The van der Waals surface area contributed by atoms with Gasteiger partial charge in [0.05, 0.1) is 16.6 Å². The summed E-state index contributed by atoms with van der Waals surface area (Å²) in [6, 6.07) is 4.53. The van der Waals surface area contributed by atoms with E-state index in [2.05, 4.69) is 22.2 Å². The molecule has 1 aliphatic rings. The third-order valence-corrected chi connectivity index (χ3v) is 3.75. The zero-order valence-electron chi connectivity index (χ0n) is 10.3. The smallest absolute Gasteiger partial charge is 0.201 e. The molecule has 4 N–H and O–H groups in total. The van der Waals surface area contributed by atoms with Crippen molar-refractivity contribution in [2.24, 2.45) is 11.7 Å². The third kappa shape index (κ3) is 1.95. The van der Waals surface area contributed by atoms with E-state index in [0.717, 1.165) is 5.52 Å². The molecule has 1 heterocycles. The van der Waals surface area contributed by atoms with Gasteiger partial charge >= 0.3 is 0 Å². The molecule has 1 aromatic heterocycles. The first-order valence-electron chi connectivity index (χ1n) is 6.24. The lowest BCUT2D eigenvalue weighted by atomic mass is 9.96. The number of hydrogen-bond donors (Lipinski definition) is 3. The Balaban J connectivity index is 1.90. The summed E-state index contributed by atoms with van der Waals surface area (Å²) in [6.07, 6.45) is 2.41. The van der Waals surface area contributed by atoms with Crippen molar-refractivity contribution < 1.29 is 4.39 Å². The van der Waals surface area contributed by atoms with Crippen LogP contribution >= 0.6 is 0 Å². The number of halogens is 1. The summed E-state index contributed by atoms with van der Waals surface area (Å²) in [5.41, 5.74) is 7.18. The lowest BCUT2D eigenvalue weighted by Crippen LogP contribution is -2.45. The molecule has 3 rings (SSSR count). The molecule has 0 spiro atoms. The molecule has 5 heteroatoms. The molecule has 2 aromatic rings. The fraction of sp³-hybridized carbons (Fsp3) is 0.462. The van der Waals surface area contributed by atoms with Gasteiger partial charge in [-0.2, -0.15) is 0 Å². The van der Waals surface area contributed by atoms with Crippen molar-refractivity contribution in [1.29, 1.82) is 0 Å². The molecule has 18 heavy (non-hydrogen) atoms. The standard InChI is InChI=1S/C13H17FN4/c1-13(7-15,8-2-3-8)18-12-16-10-5-4-9(14)6-11(10)17-12/h4-6,8H,2-3,7,15H2,1H3,(H2,16,17,18). The van der Waals surface area contributed by atoms with E-state index in [1.165, 1.54) is 25.0 Å². The molecule has 0 bridgehead atoms. The Morgan fingerprint density at radius 3 is 3.00 bits per heavy atom. The van der Waals surface area contributed by atoms with Gasteiger partial charge in [0.15, 0.2) is 0 Å². The fourth-order valence-electron chi connectivity index (χ4n) is 2.35. The number of nitrogens with one attached hydrogen (secondary N) is 2. The van der Waals surface area contributed by atoms with E-state index in [9.17, 15) is 4.39 Å². The first kappa shape index (κ1) is 11.5. The quantitative estimate of drug-likeness (QED) is 0.777. The van der Waals surface area contributed by atoms with E-state index in [1.807, 2.05) is 0 Å². The molecule has 1 saturated carbocycles. The van der Waals surface area contributed by atoms with Gasteiger partial charge < -0.3 is 16.0 Å². The molecule has 1 atom stereocenters. The van der Waals surface area contributed by atoms with Gasteiger partial charge in [-0.05, 0) is 43.9 Å². The summed E-state index contributed by atoms with van der Waals surface area (Å²) >= 11 is 0. The van der Waals surface area contributed by atoms with E-state index in [4.69, 9.17) is 5.73 Å². The van der Waals surface area contributed by atoms with Crippen LogP contribution in [0.3, 0.4) is 0 Å². The maximum Gasteiger partial charge on any atom is 0.201 e. The molecule has 0 amide bonds. The molecule has 0 radical (unpaired) electrons. The van der Waals surface area contributed by atoms with Crippen molar-refractivity contribution in [3.63, 3.8) is 0 Å². The topological polar surface area (TPSA) is 66.7 Å². The zero-order valence-corrected chi connectivity index (χ0v) is 10.3. The molecule has 1 unspecified atom stereocenters. The molecule has 1 aromatic carbocycles. The minimum atomic E-state index is -0.263. The second-order valence-corrected chi connectivity index (χ2v) is 5.27. The zero-order chi connectivity index (χ0) is 12.8. The Hall–Kier alpha value is -1.62. The highest BCUT2D eigenvalue weighted by molar-refractivity contribution is 5.77. The molecule has 1 aliphatic carbocycles. The minimum absolute atomic E-state index is 0.133. The van der Waals surface area contributed by atoms with Gasteiger partial charge in [0, 0.05) is 6.54 Å². The summed E-state index contributed by atoms with van der Waals surface area (Å²) < 4.78 is 13.1. The van der Waals surface area contributed by atoms with Crippen LogP contribution in [-0.2, 0) is 0 Å². The predicted octanol–water partition coefficient (Wildman–Crippen LogP) is 2.24. The van der Waals surface area contributed by atoms with Gasteiger partial charge in [-0.25, -0.2) is 9.37 Å². The Bertz CT molecular complexity index is 575. The molecule has 0 saturated heterocycles. The van der Waals surface area contributed by atoms with E-state index in [-0.39, 0.29) is 11.4 Å². The lowest BCUT2D eigenvalue weighted by molar-refractivity contribution is 0.456. The van der Waals surface area contributed by atoms with Crippen molar-refractivity contribution in [3.8, 4) is 0 Å². The van der Waals surface area contributed by atoms with Gasteiger partial charge in [-0.15, -0.1) is 0 Å². The Labute approximate surface area is 105 Å². The first-order valence-corrected chi connectivity index (χ1v) is 6.24. The first-order chi connectivity index (χ1) is 8.60. The van der Waals surface area contributed by atoms with Crippen LogP contribution < -0.4 is 11.1 Å². The Kier molecular flexibility index (Phi) is 2.52. The highest BCUT2D eigenvalue weighted by Gasteiger charge is 2.40. The van der Waals surface area contributed by atoms with Gasteiger partial charge in [0.2, 0.25) is 5.95 Å². The van der Waals surface area contributed by atoms with Gasteiger partial charge in [-0.3, -0.25) is 0 Å². The average molecular weight is 248 g/mol. The van der Waals surface area contributed by atoms with Crippen LogP contribution in [0, 0.1) is 11.7 Å². The van der Waals surface area contributed by atoms with E-state index in [1.54, 1.807) is 6.07 Å². The van der Waals surface area contributed by atoms with Crippen LogP contribution in [-0.4, -0.2) is 22.1 Å². The number of imidazole rings is 1. The van der Waals surface area contributed by atoms with Crippen LogP contribution in [0.2, 0.25) is 0 Å². The monoisotopic (exact) mass is 248 g/mol. The maximum absolute atomic E-state index is 13.1. The molecular formula is C13H17FN4. The number of hydrogen-bond acceptors (Lipinski definition) is 3. The number of benzene rings is 1. The van der Waals surface area contributed by atoms with Gasteiger partial charge in [0.25, 0.3) is 0 Å². The molecule has 1 fully saturated rings. The molecular weight excluding hydrogens is 231 g/mol. The number of aromatic amines is 1. The van der Waals surface area contributed by atoms with E-state index >= 15 is 0 Å². The molecule has 96 valence electrons. The van der Waals surface area contributed by atoms with Gasteiger partial charge in [0.1, 0.15) is 5.82 Å². The van der Waals surface area contributed by atoms with Crippen molar-refractivity contribution >= 4 is 17.0 Å². The Morgan fingerprint density at radius 1 is 1.56 bits per heavy atom. The second-order valence-electron chi connectivity index (χ2n) is 5.27. The molecule has 0 aliphatic heterocycles. The average Bonchev–Trinajstić information content (AvgIpc) is 3.12. The number of aromatic nitrogens is 2. The number of nitrogens with two attached hydrogens (primary N) is 1. The SMILES string of the molecule is CC(CN)(Nc1nc2ccc(F)cc2[nH]1)C1CC1. The maximum atomic E-state index is 13.1. The van der Waals surface area contributed by atoms with Crippen molar-refractivity contribution in [3.05, 3.63) is 24.0 Å². The summed E-state index contributed by atoms with van der Waals surface area (Å²) in [7, 11) is 0. The Morgan fingerprint density at radius 2 is 2.33 bits per heavy atom. The van der Waals surface area contributed by atoms with Gasteiger partial charge in [-0.1, -0.05) is 0 Å². The number of H-pyrrole nitrogens is 1. The van der Waals surface area contributed by atoms with Crippen molar-refractivity contribution in [2.75, 3.05) is 11.9 Å². The van der Waals surface area contributed by atoms with E-state index in [0.29, 0.717) is 23.9 Å². The highest BCUT2D eigenvalue weighted by atomic mass is 19.1. The number of nitrogens with zero attached hydrogens (tertiary/aromatic N) is 1. The van der Waals surface area contributed by atoms with Crippen LogP contribution in [0.25, 0.3) is 11.0 Å². The summed E-state index contributed by atoms with van der Waals surface area (Å²) in [5.74, 6) is 1.00. The molecule has 4 nitrogen and oxygen atoms in total. The highest BCUT2D eigenvalue weighted by Crippen LogP contribution is 2.40. The van der Waals surface area contributed by atoms with Crippen LogP contribution in [0.15, 0.2) is 18.2 Å². The number of fused-ring (bicyclic) bond motifs is 1. The second kappa shape index (κ2) is 3.95. The minimum Gasteiger partial charge on any atom is -0.349 e. The fourth-order valence-corrected chi connectivity index (χ4v) is 2.35. The largest absolute Gasteiger partial charge is 0.349 e.